The first kappa shape index (κ1) is 42.3. The Morgan fingerprint density at radius 3 is 2.30 bits per heavy atom. The number of nitrogens with two attached hydrogens (primary N) is 2. The number of hydrogen-bond donors (Lipinski definition) is 4. The summed E-state index contributed by atoms with van der Waals surface area (Å²) in [5.74, 6) is 3.15. The molecular formula is C43H57N11O3. The molecule has 0 amide bonds. The van der Waals surface area contributed by atoms with Crippen LogP contribution in [0.2, 0.25) is 0 Å². The van der Waals surface area contributed by atoms with Crippen LogP contribution in [-0.2, 0) is 33.4 Å². The summed E-state index contributed by atoms with van der Waals surface area (Å²) in [4.78, 5) is 18.1. The zero-order valence-corrected chi connectivity index (χ0v) is 34.7. The number of nitrogens with one attached hydrogen (secondary N) is 1. The molecule has 6 aromatic rings. The molecule has 0 radical (unpaired) electrons. The SMILES string of the molecule is CCC.COc1cccc(-c2c3c(nn2C)CCc2cnc(N)nc2-3)c1.COc1ccccc1Nc1ncc2c(n1)-c1c(nn(C)c1C(C)C)CC2C.NCCO. The number of para-hydroxylation sites is 2. The van der Waals surface area contributed by atoms with Gasteiger partial charge in [-0.2, -0.15) is 10.2 Å². The van der Waals surface area contributed by atoms with E-state index in [4.69, 9.17) is 36.1 Å². The van der Waals surface area contributed by atoms with Crippen molar-refractivity contribution < 1.29 is 14.6 Å². The number of benzene rings is 2. The maximum Gasteiger partial charge on any atom is 0.227 e. The van der Waals surface area contributed by atoms with Gasteiger partial charge in [0.1, 0.15) is 11.5 Å². The average molecular weight is 776 g/mol. The van der Waals surface area contributed by atoms with Gasteiger partial charge in [0.15, 0.2) is 0 Å². The van der Waals surface area contributed by atoms with Crippen molar-refractivity contribution in [1.29, 1.82) is 0 Å². The van der Waals surface area contributed by atoms with E-state index in [1.165, 1.54) is 23.2 Å². The molecule has 0 bridgehead atoms. The maximum absolute atomic E-state index is 7.75. The van der Waals surface area contributed by atoms with E-state index in [9.17, 15) is 0 Å². The lowest BCUT2D eigenvalue weighted by Gasteiger charge is -2.22. The predicted octanol–water partition coefficient (Wildman–Crippen LogP) is 7.00. The summed E-state index contributed by atoms with van der Waals surface area (Å²) < 4.78 is 14.7. The molecule has 0 spiro atoms. The van der Waals surface area contributed by atoms with Crippen LogP contribution in [0, 0.1) is 0 Å². The second kappa shape index (κ2) is 19.3. The van der Waals surface area contributed by atoms with E-state index in [1.54, 1.807) is 14.2 Å². The smallest absolute Gasteiger partial charge is 0.227 e. The first-order chi connectivity index (χ1) is 27.5. The second-order valence-electron chi connectivity index (χ2n) is 14.3. The number of aryl methyl sites for hydroxylation is 4. The van der Waals surface area contributed by atoms with Gasteiger partial charge in [-0.05, 0) is 60.9 Å². The van der Waals surface area contributed by atoms with Crippen LogP contribution in [0.15, 0.2) is 60.9 Å². The summed E-state index contributed by atoms with van der Waals surface area (Å²) in [5.41, 5.74) is 23.3. The summed E-state index contributed by atoms with van der Waals surface area (Å²) in [6, 6.07) is 15.7. The van der Waals surface area contributed by atoms with Crippen molar-refractivity contribution >= 4 is 17.6 Å². The first-order valence-corrected chi connectivity index (χ1v) is 19.5. The third kappa shape index (κ3) is 9.41. The van der Waals surface area contributed by atoms with Crippen molar-refractivity contribution in [3.63, 3.8) is 0 Å². The minimum atomic E-state index is 0.0972. The van der Waals surface area contributed by atoms with E-state index < -0.39 is 0 Å². The molecule has 2 aliphatic carbocycles. The zero-order valence-electron chi connectivity index (χ0n) is 34.7. The predicted molar refractivity (Wildman–Crippen MR) is 227 cm³/mol. The molecule has 4 heterocycles. The Balaban J connectivity index is 0.000000189. The third-order valence-electron chi connectivity index (χ3n) is 9.49. The van der Waals surface area contributed by atoms with Gasteiger partial charge in [-0.25, -0.2) is 19.9 Å². The third-order valence-corrected chi connectivity index (χ3v) is 9.49. The lowest BCUT2D eigenvalue weighted by molar-refractivity contribution is 0.306. The van der Waals surface area contributed by atoms with Crippen molar-refractivity contribution in [3.05, 3.63) is 89.1 Å². The maximum atomic E-state index is 7.75. The van der Waals surface area contributed by atoms with Crippen molar-refractivity contribution in [2.24, 2.45) is 19.8 Å². The molecule has 1 unspecified atom stereocenters. The molecule has 14 heteroatoms. The highest BCUT2D eigenvalue weighted by Crippen LogP contribution is 2.43. The lowest BCUT2D eigenvalue weighted by Crippen LogP contribution is -2.12. The first-order valence-electron chi connectivity index (χ1n) is 19.5. The monoisotopic (exact) mass is 775 g/mol. The van der Waals surface area contributed by atoms with E-state index >= 15 is 0 Å². The van der Waals surface area contributed by atoms with Crippen molar-refractivity contribution in [3.8, 4) is 45.3 Å². The number of methoxy groups -OCH3 is 2. The topological polar surface area (TPSA) is 190 Å². The minimum Gasteiger partial charge on any atom is -0.497 e. The summed E-state index contributed by atoms with van der Waals surface area (Å²) in [5, 5.41) is 20.5. The van der Waals surface area contributed by atoms with Crippen LogP contribution in [0.5, 0.6) is 11.5 Å². The molecule has 2 aromatic carbocycles. The number of aromatic nitrogens is 8. The molecule has 57 heavy (non-hydrogen) atoms. The van der Waals surface area contributed by atoms with Gasteiger partial charge in [-0.3, -0.25) is 9.36 Å². The fraction of sp³-hybridized carbons (Fsp3) is 0.395. The quantitative estimate of drug-likeness (QED) is 0.130. The highest BCUT2D eigenvalue weighted by atomic mass is 16.5. The van der Waals surface area contributed by atoms with Crippen LogP contribution in [0.25, 0.3) is 33.8 Å². The number of nitrogen functional groups attached to an aromatic ring is 1. The van der Waals surface area contributed by atoms with E-state index in [0.29, 0.717) is 24.3 Å². The fourth-order valence-electron chi connectivity index (χ4n) is 7.12. The van der Waals surface area contributed by atoms with Crippen molar-refractivity contribution in [1.82, 2.24) is 39.5 Å². The van der Waals surface area contributed by atoms with Crippen LogP contribution < -0.4 is 26.3 Å². The Kier molecular flexibility index (Phi) is 14.3. The van der Waals surface area contributed by atoms with Gasteiger partial charge in [0.2, 0.25) is 11.9 Å². The number of anilines is 3. The Bertz CT molecular complexity index is 2260. The molecule has 1 atom stereocenters. The van der Waals surface area contributed by atoms with Gasteiger partial charge in [-0.1, -0.05) is 65.3 Å². The number of hydrogen-bond acceptors (Lipinski definition) is 12. The van der Waals surface area contributed by atoms with E-state index in [-0.39, 0.29) is 12.6 Å². The summed E-state index contributed by atoms with van der Waals surface area (Å²) >= 11 is 0. The number of rotatable bonds is 7. The van der Waals surface area contributed by atoms with Crippen LogP contribution in [0.1, 0.15) is 81.1 Å². The number of fused-ring (bicyclic) bond motifs is 6. The molecule has 2 aliphatic rings. The van der Waals surface area contributed by atoms with Gasteiger partial charge in [0, 0.05) is 55.3 Å². The van der Waals surface area contributed by atoms with E-state index in [2.05, 4.69) is 66.1 Å². The summed E-state index contributed by atoms with van der Waals surface area (Å²) in [6.45, 7) is 11.3. The molecule has 0 fully saturated rings. The number of aliphatic hydroxyl groups is 1. The number of aliphatic hydroxyl groups excluding tert-OH is 1. The van der Waals surface area contributed by atoms with Crippen molar-refractivity contribution in [2.75, 3.05) is 38.4 Å². The molecule has 6 N–H and O–H groups in total. The molecule has 0 saturated heterocycles. The fourth-order valence-corrected chi connectivity index (χ4v) is 7.12. The van der Waals surface area contributed by atoms with Crippen LogP contribution in [0.3, 0.4) is 0 Å². The van der Waals surface area contributed by atoms with Gasteiger partial charge < -0.3 is 31.4 Å². The molecule has 8 rings (SSSR count). The van der Waals surface area contributed by atoms with Crippen LogP contribution in [-0.4, -0.2) is 72.0 Å². The highest BCUT2D eigenvalue weighted by molar-refractivity contribution is 5.84. The summed E-state index contributed by atoms with van der Waals surface area (Å²) in [7, 11) is 7.30. The van der Waals surface area contributed by atoms with E-state index in [0.717, 1.165) is 81.6 Å². The van der Waals surface area contributed by atoms with Gasteiger partial charge in [-0.15, -0.1) is 0 Å². The molecule has 0 saturated carbocycles. The number of ether oxygens (including phenoxy) is 2. The van der Waals surface area contributed by atoms with Gasteiger partial charge in [0.05, 0.1) is 60.7 Å². The second-order valence-corrected chi connectivity index (χ2v) is 14.3. The average Bonchev–Trinajstić information content (AvgIpc) is 3.74. The zero-order chi connectivity index (χ0) is 41.2. The van der Waals surface area contributed by atoms with Crippen molar-refractivity contribution in [2.45, 2.75) is 72.1 Å². The standard InChI is InChI=1S/C21H25N5O.C17H17N5O.C3H8.C2H7NO/c1-12(2)20-18-16(25-26(20)4)10-13(3)14-11-22-21(24-19(14)18)23-15-8-6-7-9-17(15)27-5;1-22-16(10-4-3-5-12(8-10)23-2)14-13(21-22)7-6-11-9-19-17(18)20-15(11)14;1-3-2;3-1-2-4/h6-9,11-13H,10H2,1-5H3,(H,22,23,24);3-5,8-9H,6-7H2,1-2H3,(H2,18,19,20);3H2,1-2H3;4H,1-3H2. The largest absolute Gasteiger partial charge is 0.497 e. The van der Waals surface area contributed by atoms with Crippen LogP contribution in [0.4, 0.5) is 17.6 Å². The lowest BCUT2D eigenvalue weighted by atomic mass is 9.84. The molecule has 14 nitrogen and oxygen atoms in total. The molecule has 4 aromatic heterocycles. The molecule has 302 valence electrons. The molecule has 0 aliphatic heterocycles. The van der Waals surface area contributed by atoms with Gasteiger partial charge in [0.25, 0.3) is 0 Å². The number of nitrogens with zero attached hydrogens (tertiary/aromatic N) is 8. The van der Waals surface area contributed by atoms with E-state index in [1.807, 2.05) is 78.3 Å². The Morgan fingerprint density at radius 1 is 0.895 bits per heavy atom. The minimum absolute atomic E-state index is 0.0972. The van der Waals surface area contributed by atoms with Crippen LogP contribution >= 0.6 is 0 Å². The van der Waals surface area contributed by atoms with Gasteiger partial charge >= 0.3 is 0 Å². The Morgan fingerprint density at radius 2 is 1.61 bits per heavy atom. The Hall–Kier alpha value is -5.86. The Labute approximate surface area is 335 Å². The normalized spacial score (nSPS) is 13.2. The summed E-state index contributed by atoms with van der Waals surface area (Å²) in [6.07, 6.45) is 7.71. The molecular weight excluding hydrogens is 719 g/mol. The highest BCUT2D eigenvalue weighted by Gasteiger charge is 2.31.